The third-order valence-electron chi connectivity index (χ3n) is 2.65. The highest BCUT2D eigenvalue weighted by atomic mass is 79.9. The van der Waals surface area contributed by atoms with Gasteiger partial charge in [0.05, 0.1) is 10.6 Å². The van der Waals surface area contributed by atoms with Gasteiger partial charge >= 0.3 is 0 Å². The Morgan fingerprint density at radius 3 is 2.76 bits per heavy atom. The van der Waals surface area contributed by atoms with E-state index in [0.29, 0.717) is 17.1 Å². The normalized spacial score (nSPS) is 10.4. The number of carbonyl (C=O) groups is 1. The van der Waals surface area contributed by atoms with E-state index in [1.165, 1.54) is 0 Å². The van der Waals surface area contributed by atoms with Crippen molar-refractivity contribution in [1.29, 1.82) is 0 Å². The Kier molecular flexibility index (Phi) is 6.00. The van der Waals surface area contributed by atoms with Crippen LogP contribution in [-0.4, -0.2) is 29.2 Å². The van der Waals surface area contributed by atoms with Crippen LogP contribution < -0.4 is 0 Å². The van der Waals surface area contributed by atoms with Crippen LogP contribution in [-0.2, 0) is 0 Å². The highest BCUT2D eigenvalue weighted by Gasteiger charge is 2.17. The Morgan fingerprint density at radius 1 is 1.47 bits per heavy atom. The van der Waals surface area contributed by atoms with Crippen LogP contribution in [0.4, 0.5) is 0 Å². The minimum Gasteiger partial charge on any atom is -0.339 e. The lowest BCUT2D eigenvalue weighted by molar-refractivity contribution is 0.0765. The van der Waals surface area contributed by atoms with Crippen molar-refractivity contribution in [3.05, 3.63) is 34.3 Å². The molecule has 0 heterocycles. The number of carbonyl (C=O) groups excluding carboxylic acids is 1. The Morgan fingerprint density at radius 2 is 2.18 bits per heavy atom. The van der Waals surface area contributed by atoms with Crippen molar-refractivity contribution in [2.75, 3.05) is 18.4 Å². The lowest BCUT2D eigenvalue weighted by Gasteiger charge is -2.21. The lowest BCUT2D eigenvalue weighted by atomic mass is 10.1. The molecule has 0 radical (unpaired) electrons. The molecule has 0 saturated carbocycles. The SMILES string of the molecule is CCN(CCCBr)C(=O)c1cccc(C)c1Cl. The summed E-state index contributed by atoms with van der Waals surface area (Å²) < 4.78 is 0. The molecule has 17 heavy (non-hydrogen) atoms. The molecular formula is C13H17BrClNO. The number of aryl methyl sites for hydroxylation is 1. The van der Waals surface area contributed by atoms with Crippen molar-refractivity contribution in [3.63, 3.8) is 0 Å². The molecule has 4 heteroatoms. The number of hydrogen-bond acceptors (Lipinski definition) is 1. The number of halogens is 2. The summed E-state index contributed by atoms with van der Waals surface area (Å²) in [6.07, 6.45) is 0.947. The number of amides is 1. The van der Waals surface area contributed by atoms with E-state index in [4.69, 9.17) is 11.6 Å². The van der Waals surface area contributed by atoms with Crippen molar-refractivity contribution >= 4 is 33.4 Å². The number of alkyl halides is 1. The van der Waals surface area contributed by atoms with Crippen LogP contribution in [0.3, 0.4) is 0 Å². The largest absolute Gasteiger partial charge is 0.339 e. The van der Waals surface area contributed by atoms with Gasteiger partial charge in [0.25, 0.3) is 5.91 Å². The number of nitrogens with zero attached hydrogens (tertiary/aromatic N) is 1. The summed E-state index contributed by atoms with van der Waals surface area (Å²) in [5, 5.41) is 1.47. The van der Waals surface area contributed by atoms with Crippen molar-refractivity contribution in [2.24, 2.45) is 0 Å². The molecule has 0 saturated heterocycles. The Balaban J connectivity index is 2.90. The monoisotopic (exact) mass is 317 g/mol. The van der Waals surface area contributed by atoms with Crippen molar-refractivity contribution in [3.8, 4) is 0 Å². The Labute approximate surface area is 116 Å². The van der Waals surface area contributed by atoms with Gasteiger partial charge in [0, 0.05) is 18.4 Å². The Hall–Kier alpha value is -0.540. The highest BCUT2D eigenvalue weighted by molar-refractivity contribution is 9.09. The molecule has 1 rings (SSSR count). The Bertz CT molecular complexity index is 395. The van der Waals surface area contributed by atoms with Gasteiger partial charge in [-0.1, -0.05) is 39.7 Å². The lowest BCUT2D eigenvalue weighted by Crippen LogP contribution is -2.32. The molecule has 2 nitrogen and oxygen atoms in total. The van der Waals surface area contributed by atoms with E-state index in [1.54, 1.807) is 6.07 Å². The predicted molar refractivity (Wildman–Crippen MR) is 76.2 cm³/mol. The molecule has 0 spiro atoms. The fourth-order valence-electron chi connectivity index (χ4n) is 1.64. The van der Waals surface area contributed by atoms with E-state index in [2.05, 4.69) is 15.9 Å². The molecule has 0 atom stereocenters. The van der Waals surface area contributed by atoms with Crippen molar-refractivity contribution in [1.82, 2.24) is 4.90 Å². The second kappa shape index (κ2) is 7.02. The first-order valence-corrected chi connectivity index (χ1v) is 7.22. The van der Waals surface area contributed by atoms with Gasteiger partial charge in [0.15, 0.2) is 0 Å². The minimum absolute atomic E-state index is 0.0159. The smallest absolute Gasteiger partial charge is 0.255 e. The fraction of sp³-hybridized carbons (Fsp3) is 0.462. The zero-order chi connectivity index (χ0) is 12.8. The first-order valence-electron chi connectivity index (χ1n) is 5.72. The average molecular weight is 319 g/mol. The maximum absolute atomic E-state index is 12.3. The van der Waals surface area contributed by atoms with E-state index in [9.17, 15) is 4.79 Å². The van der Waals surface area contributed by atoms with Gasteiger partial charge < -0.3 is 4.90 Å². The average Bonchev–Trinajstić information content (AvgIpc) is 2.33. The van der Waals surface area contributed by atoms with Crippen LogP contribution >= 0.6 is 27.5 Å². The van der Waals surface area contributed by atoms with Gasteiger partial charge in [-0.3, -0.25) is 4.79 Å². The van der Waals surface area contributed by atoms with Crippen molar-refractivity contribution < 1.29 is 4.79 Å². The van der Waals surface area contributed by atoms with Gasteiger partial charge in [-0.15, -0.1) is 0 Å². The minimum atomic E-state index is 0.0159. The van der Waals surface area contributed by atoms with Gasteiger partial charge in [0.2, 0.25) is 0 Å². The molecule has 0 bridgehead atoms. The zero-order valence-corrected chi connectivity index (χ0v) is 12.5. The highest BCUT2D eigenvalue weighted by Crippen LogP contribution is 2.21. The third-order valence-corrected chi connectivity index (χ3v) is 3.72. The number of rotatable bonds is 5. The zero-order valence-electron chi connectivity index (χ0n) is 10.2. The second-order valence-corrected chi connectivity index (χ2v) is 5.03. The van der Waals surface area contributed by atoms with E-state index >= 15 is 0 Å². The molecule has 0 aromatic heterocycles. The van der Waals surface area contributed by atoms with Crippen LogP contribution in [0.5, 0.6) is 0 Å². The third kappa shape index (κ3) is 3.71. The van der Waals surface area contributed by atoms with Crippen LogP contribution in [0, 0.1) is 6.92 Å². The van der Waals surface area contributed by atoms with Crippen LogP contribution in [0.1, 0.15) is 29.3 Å². The molecular weight excluding hydrogens is 302 g/mol. The molecule has 1 amide bonds. The molecule has 0 aliphatic carbocycles. The molecule has 0 aliphatic rings. The molecule has 1 aromatic carbocycles. The van der Waals surface area contributed by atoms with Crippen molar-refractivity contribution in [2.45, 2.75) is 20.3 Å². The molecule has 1 aromatic rings. The van der Waals surface area contributed by atoms with E-state index in [0.717, 1.165) is 23.9 Å². The number of hydrogen-bond donors (Lipinski definition) is 0. The predicted octanol–water partition coefficient (Wildman–Crippen LogP) is 3.90. The van der Waals surface area contributed by atoms with Crippen LogP contribution in [0.25, 0.3) is 0 Å². The fourth-order valence-corrected chi connectivity index (χ4v) is 2.09. The van der Waals surface area contributed by atoms with Gasteiger partial charge in [-0.25, -0.2) is 0 Å². The standard InChI is InChI=1S/C13H17BrClNO/c1-3-16(9-5-8-14)13(17)11-7-4-6-10(2)12(11)15/h4,6-7H,3,5,8-9H2,1-2H3. The second-order valence-electron chi connectivity index (χ2n) is 3.86. The topological polar surface area (TPSA) is 20.3 Å². The first kappa shape index (κ1) is 14.5. The summed E-state index contributed by atoms with van der Waals surface area (Å²) >= 11 is 9.54. The summed E-state index contributed by atoms with van der Waals surface area (Å²) in [5.41, 5.74) is 1.54. The summed E-state index contributed by atoms with van der Waals surface area (Å²) in [7, 11) is 0. The van der Waals surface area contributed by atoms with Gasteiger partial charge in [0.1, 0.15) is 0 Å². The summed E-state index contributed by atoms with van der Waals surface area (Å²) in [5.74, 6) is 0.0159. The van der Waals surface area contributed by atoms with Gasteiger partial charge in [-0.05, 0) is 31.9 Å². The maximum atomic E-state index is 12.3. The van der Waals surface area contributed by atoms with Crippen LogP contribution in [0.15, 0.2) is 18.2 Å². The molecule has 0 aliphatic heterocycles. The maximum Gasteiger partial charge on any atom is 0.255 e. The van der Waals surface area contributed by atoms with E-state index < -0.39 is 0 Å². The first-order chi connectivity index (χ1) is 8.11. The molecule has 0 N–H and O–H groups in total. The number of benzene rings is 1. The van der Waals surface area contributed by atoms with Crippen LogP contribution in [0.2, 0.25) is 5.02 Å². The molecule has 0 unspecified atom stereocenters. The van der Waals surface area contributed by atoms with E-state index in [-0.39, 0.29) is 5.91 Å². The quantitative estimate of drug-likeness (QED) is 0.754. The summed E-state index contributed by atoms with van der Waals surface area (Å²) in [6, 6.07) is 5.56. The summed E-state index contributed by atoms with van der Waals surface area (Å²) in [4.78, 5) is 14.1. The molecule has 94 valence electrons. The van der Waals surface area contributed by atoms with Gasteiger partial charge in [-0.2, -0.15) is 0 Å². The molecule has 0 fully saturated rings. The van der Waals surface area contributed by atoms with E-state index in [1.807, 2.05) is 30.9 Å². The summed E-state index contributed by atoms with van der Waals surface area (Å²) in [6.45, 7) is 5.35.